The van der Waals surface area contributed by atoms with Gasteiger partial charge in [0.1, 0.15) is 11.6 Å². The second-order valence-electron chi connectivity index (χ2n) is 3.86. The van der Waals surface area contributed by atoms with Crippen LogP contribution >= 0.6 is 0 Å². The van der Waals surface area contributed by atoms with Crippen molar-refractivity contribution in [2.24, 2.45) is 0 Å². The van der Waals surface area contributed by atoms with E-state index in [2.05, 4.69) is 0 Å². The topological polar surface area (TPSA) is 51.2 Å². The Kier molecular flexibility index (Phi) is 3.80. The number of carbonyl (C=O) groups is 1. The Morgan fingerprint density at radius 1 is 1.38 bits per heavy atom. The molecule has 0 heterocycles. The van der Waals surface area contributed by atoms with Crippen molar-refractivity contribution in [1.29, 1.82) is 0 Å². The smallest absolute Gasteiger partial charge is 0.154 e. The quantitative estimate of drug-likeness (QED) is 0.802. The van der Waals surface area contributed by atoms with E-state index in [0.717, 1.165) is 11.8 Å². The van der Waals surface area contributed by atoms with Crippen molar-refractivity contribution in [3.8, 4) is 0 Å². The zero-order valence-electron chi connectivity index (χ0n) is 9.16. The lowest BCUT2D eigenvalue weighted by molar-refractivity contribution is -0.116. The van der Waals surface area contributed by atoms with Crippen LogP contribution < -0.4 is 0 Å². The first-order valence-electron chi connectivity index (χ1n) is 4.72. The maximum Gasteiger partial charge on any atom is 0.154 e. The van der Waals surface area contributed by atoms with E-state index in [1.807, 2.05) is 0 Å². The molecular formula is C11H13FO3S. The zero-order chi connectivity index (χ0) is 12.3. The van der Waals surface area contributed by atoms with E-state index in [0.29, 0.717) is 5.56 Å². The minimum atomic E-state index is -3.31. The number of carbonyl (C=O) groups excluding carboxylic acids is 1. The third-order valence-corrected chi connectivity index (χ3v) is 2.97. The van der Waals surface area contributed by atoms with Gasteiger partial charge in [0.05, 0.1) is 0 Å². The van der Waals surface area contributed by atoms with Gasteiger partial charge in [-0.3, -0.25) is 4.79 Å². The largest absolute Gasteiger partial charge is 0.298 e. The highest BCUT2D eigenvalue weighted by Gasteiger charge is 2.13. The summed E-state index contributed by atoms with van der Waals surface area (Å²) in [6, 6.07) is 4.13. The number of hydrogen-bond donors (Lipinski definition) is 0. The number of ketones is 1. The molecule has 0 aliphatic rings. The summed E-state index contributed by atoms with van der Waals surface area (Å²) < 4.78 is 34.7. The SMILES string of the molecule is Cc1ccc(F)cc1CC(=O)CS(C)(=O)=O. The van der Waals surface area contributed by atoms with Gasteiger partial charge in [-0.2, -0.15) is 0 Å². The third-order valence-electron chi connectivity index (χ3n) is 2.12. The number of Topliss-reactive ketones (excluding diaryl/α,β-unsaturated/α-hetero) is 1. The second kappa shape index (κ2) is 4.74. The molecule has 3 nitrogen and oxygen atoms in total. The van der Waals surface area contributed by atoms with Crippen molar-refractivity contribution in [2.75, 3.05) is 12.0 Å². The standard InChI is InChI=1S/C11H13FO3S/c1-8-3-4-10(12)5-9(8)6-11(13)7-16(2,14)15/h3-5H,6-7H2,1-2H3. The predicted molar refractivity (Wildman–Crippen MR) is 59.6 cm³/mol. The van der Waals surface area contributed by atoms with E-state index in [9.17, 15) is 17.6 Å². The van der Waals surface area contributed by atoms with Gasteiger partial charge in [-0.25, -0.2) is 12.8 Å². The number of aryl methyl sites for hydroxylation is 1. The minimum Gasteiger partial charge on any atom is -0.298 e. The van der Waals surface area contributed by atoms with E-state index in [4.69, 9.17) is 0 Å². The molecule has 5 heteroatoms. The summed E-state index contributed by atoms with van der Waals surface area (Å²) in [5.74, 6) is -1.34. The Bertz CT molecular complexity index is 506. The molecule has 0 radical (unpaired) electrons. The number of benzene rings is 1. The highest BCUT2D eigenvalue weighted by molar-refractivity contribution is 7.91. The van der Waals surface area contributed by atoms with E-state index >= 15 is 0 Å². The van der Waals surface area contributed by atoms with Gasteiger partial charge in [0.15, 0.2) is 15.6 Å². The molecule has 0 aliphatic heterocycles. The van der Waals surface area contributed by atoms with E-state index in [1.165, 1.54) is 12.1 Å². The van der Waals surface area contributed by atoms with Crippen LogP contribution in [-0.2, 0) is 21.1 Å². The Morgan fingerprint density at radius 2 is 2.00 bits per heavy atom. The lowest BCUT2D eigenvalue weighted by atomic mass is 10.0. The maximum atomic E-state index is 12.9. The summed E-state index contributed by atoms with van der Waals surface area (Å²) >= 11 is 0. The number of sulfone groups is 1. The molecule has 0 amide bonds. The fourth-order valence-corrected chi connectivity index (χ4v) is 2.07. The molecule has 0 saturated heterocycles. The van der Waals surface area contributed by atoms with Gasteiger partial charge in [0, 0.05) is 12.7 Å². The van der Waals surface area contributed by atoms with Crippen molar-refractivity contribution >= 4 is 15.6 Å². The first-order chi connectivity index (χ1) is 7.28. The Morgan fingerprint density at radius 3 is 2.56 bits per heavy atom. The summed E-state index contributed by atoms with van der Waals surface area (Å²) in [5.41, 5.74) is 1.32. The lowest BCUT2D eigenvalue weighted by Crippen LogP contribution is -2.16. The van der Waals surface area contributed by atoms with Crippen molar-refractivity contribution in [1.82, 2.24) is 0 Å². The number of halogens is 1. The Hall–Kier alpha value is -1.23. The summed E-state index contributed by atoms with van der Waals surface area (Å²) in [7, 11) is -3.31. The van der Waals surface area contributed by atoms with Crippen LogP contribution in [0, 0.1) is 12.7 Å². The fourth-order valence-electron chi connectivity index (χ4n) is 1.39. The van der Waals surface area contributed by atoms with Crippen molar-refractivity contribution in [2.45, 2.75) is 13.3 Å². The molecule has 0 saturated carbocycles. The van der Waals surface area contributed by atoms with Gasteiger partial charge < -0.3 is 0 Å². The molecule has 1 aromatic carbocycles. The molecule has 0 spiro atoms. The van der Waals surface area contributed by atoms with Gasteiger partial charge in [0.25, 0.3) is 0 Å². The van der Waals surface area contributed by atoms with Crippen molar-refractivity contribution in [3.05, 3.63) is 35.1 Å². The fraction of sp³-hybridized carbons (Fsp3) is 0.364. The molecule has 0 aromatic heterocycles. The van der Waals surface area contributed by atoms with Gasteiger partial charge >= 0.3 is 0 Å². The van der Waals surface area contributed by atoms with Gasteiger partial charge in [-0.05, 0) is 30.2 Å². The Labute approximate surface area is 94.2 Å². The highest BCUT2D eigenvalue weighted by atomic mass is 32.2. The summed E-state index contributed by atoms with van der Waals surface area (Å²) in [5, 5.41) is 0. The molecule has 88 valence electrons. The van der Waals surface area contributed by atoms with Crippen LogP contribution in [0.1, 0.15) is 11.1 Å². The first-order valence-corrected chi connectivity index (χ1v) is 6.78. The lowest BCUT2D eigenvalue weighted by Gasteiger charge is -2.04. The van der Waals surface area contributed by atoms with Crippen molar-refractivity contribution in [3.63, 3.8) is 0 Å². The average Bonchev–Trinajstić information content (AvgIpc) is 2.08. The van der Waals surface area contributed by atoms with E-state index < -0.39 is 27.2 Å². The molecule has 1 aromatic rings. The van der Waals surface area contributed by atoms with Crippen LogP contribution in [0.25, 0.3) is 0 Å². The van der Waals surface area contributed by atoms with Crippen LogP contribution in [0.15, 0.2) is 18.2 Å². The third kappa shape index (κ3) is 4.10. The monoisotopic (exact) mass is 244 g/mol. The highest BCUT2D eigenvalue weighted by Crippen LogP contribution is 2.11. The zero-order valence-corrected chi connectivity index (χ0v) is 9.97. The minimum absolute atomic E-state index is 0.0450. The first kappa shape index (κ1) is 12.8. The van der Waals surface area contributed by atoms with E-state index in [-0.39, 0.29) is 6.42 Å². The van der Waals surface area contributed by atoms with E-state index in [1.54, 1.807) is 13.0 Å². The van der Waals surface area contributed by atoms with Crippen LogP contribution in [0.4, 0.5) is 4.39 Å². The molecule has 0 fully saturated rings. The van der Waals surface area contributed by atoms with Crippen LogP contribution in [-0.4, -0.2) is 26.2 Å². The summed E-state index contributed by atoms with van der Waals surface area (Å²) in [4.78, 5) is 11.4. The molecule has 1 rings (SSSR count). The van der Waals surface area contributed by atoms with Crippen LogP contribution in [0.2, 0.25) is 0 Å². The van der Waals surface area contributed by atoms with Gasteiger partial charge in [-0.1, -0.05) is 6.07 Å². The van der Waals surface area contributed by atoms with Crippen LogP contribution in [0.3, 0.4) is 0 Å². The Balaban J connectivity index is 2.81. The second-order valence-corrected chi connectivity index (χ2v) is 6.00. The normalized spacial score (nSPS) is 11.4. The molecule has 0 atom stereocenters. The molecule has 16 heavy (non-hydrogen) atoms. The molecule has 0 unspecified atom stereocenters. The number of rotatable bonds is 4. The molecule has 0 aliphatic carbocycles. The van der Waals surface area contributed by atoms with Gasteiger partial charge in [-0.15, -0.1) is 0 Å². The number of hydrogen-bond acceptors (Lipinski definition) is 3. The molecule has 0 bridgehead atoms. The molecular weight excluding hydrogens is 231 g/mol. The average molecular weight is 244 g/mol. The molecule has 0 N–H and O–H groups in total. The summed E-state index contributed by atoms with van der Waals surface area (Å²) in [6.45, 7) is 1.75. The maximum absolute atomic E-state index is 12.9. The predicted octanol–water partition coefficient (Wildman–Crippen LogP) is 1.29. The van der Waals surface area contributed by atoms with Crippen LogP contribution in [0.5, 0.6) is 0 Å². The summed E-state index contributed by atoms with van der Waals surface area (Å²) in [6.07, 6.45) is 0.958. The van der Waals surface area contributed by atoms with Crippen molar-refractivity contribution < 1.29 is 17.6 Å². The van der Waals surface area contributed by atoms with Gasteiger partial charge in [0.2, 0.25) is 0 Å².